The fraction of sp³-hybridized carbons (Fsp3) is 0. The first-order chi connectivity index (χ1) is 8.74. The summed E-state index contributed by atoms with van der Waals surface area (Å²) in [5.41, 5.74) is 13.1. The van der Waals surface area contributed by atoms with Crippen molar-refractivity contribution in [1.82, 2.24) is 24.9 Å². The van der Waals surface area contributed by atoms with Gasteiger partial charge in [-0.15, -0.1) is 0 Å². The standard InChI is InChI=1S/C10H9N7S/c11-5-1-2-6(17-8(5)12)18-10-7-9(14-3-13-7)15-4-16-10/h1-4H,11H2,(H2,12,17)(H,13,14,15,16). The maximum absolute atomic E-state index is 5.66. The minimum absolute atomic E-state index is 0.315. The van der Waals surface area contributed by atoms with E-state index in [0.29, 0.717) is 17.2 Å². The molecule has 3 heterocycles. The van der Waals surface area contributed by atoms with Crippen LogP contribution < -0.4 is 11.5 Å². The third kappa shape index (κ3) is 1.82. The monoisotopic (exact) mass is 259 g/mol. The Morgan fingerprint density at radius 2 is 2.00 bits per heavy atom. The van der Waals surface area contributed by atoms with Crippen LogP contribution in [0.4, 0.5) is 11.5 Å². The molecule has 7 nitrogen and oxygen atoms in total. The van der Waals surface area contributed by atoms with Crippen LogP contribution in [0.3, 0.4) is 0 Å². The molecule has 0 radical (unpaired) electrons. The van der Waals surface area contributed by atoms with Crippen molar-refractivity contribution >= 4 is 34.4 Å². The van der Waals surface area contributed by atoms with Crippen LogP contribution in [0.5, 0.6) is 0 Å². The average molecular weight is 259 g/mol. The number of rotatable bonds is 2. The largest absolute Gasteiger partial charge is 0.396 e. The first-order valence-corrected chi connectivity index (χ1v) is 5.89. The number of imidazole rings is 1. The number of pyridine rings is 1. The van der Waals surface area contributed by atoms with Crippen molar-refractivity contribution in [3.05, 3.63) is 24.8 Å². The van der Waals surface area contributed by atoms with Gasteiger partial charge in [0.05, 0.1) is 12.0 Å². The molecule has 0 fully saturated rings. The zero-order chi connectivity index (χ0) is 12.5. The van der Waals surface area contributed by atoms with E-state index in [-0.39, 0.29) is 0 Å². The summed E-state index contributed by atoms with van der Waals surface area (Å²) in [4.78, 5) is 19.5. The summed E-state index contributed by atoms with van der Waals surface area (Å²) in [5, 5.41) is 1.46. The van der Waals surface area contributed by atoms with E-state index in [1.807, 2.05) is 0 Å². The van der Waals surface area contributed by atoms with Crippen LogP contribution >= 0.6 is 11.8 Å². The van der Waals surface area contributed by atoms with Crippen LogP contribution in [-0.2, 0) is 0 Å². The number of nitrogens with one attached hydrogen (secondary N) is 1. The van der Waals surface area contributed by atoms with Crippen molar-refractivity contribution < 1.29 is 0 Å². The normalized spacial score (nSPS) is 10.9. The minimum atomic E-state index is 0.315. The van der Waals surface area contributed by atoms with Crippen molar-refractivity contribution in [1.29, 1.82) is 0 Å². The molecule has 0 atom stereocenters. The van der Waals surface area contributed by atoms with Crippen molar-refractivity contribution in [2.24, 2.45) is 0 Å². The highest BCUT2D eigenvalue weighted by Crippen LogP contribution is 2.29. The summed E-state index contributed by atoms with van der Waals surface area (Å²) in [5.74, 6) is 0.315. The second-order valence-electron chi connectivity index (χ2n) is 3.51. The Bertz CT molecular complexity index is 708. The van der Waals surface area contributed by atoms with Crippen LogP contribution in [0.15, 0.2) is 34.8 Å². The molecule has 8 heteroatoms. The van der Waals surface area contributed by atoms with Gasteiger partial charge in [0, 0.05) is 0 Å². The average Bonchev–Trinajstić information content (AvgIpc) is 2.83. The second kappa shape index (κ2) is 4.15. The van der Waals surface area contributed by atoms with E-state index in [1.54, 1.807) is 18.5 Å². The molecule has 3 aromatic rings. The van der Waals surface area contributed by atoms with Crippen molar-refractivity contribution in [2.45, 2.75) is 10.1 Å². The Kier molecular flexibility index (Phi) is 2.49. The number of fused-ring (bicyclic) bond motifs is 1. The predicted molar refractivity (Wildman–Crippen MR) is 68.9 cm³/mol. The second-order valence-corrected chi connectivity index (χ2v) is 4.52. The lowest BCUT2D eigenvalue weighted by molar-refractivity contribution is 1.07. The highest BCUT2D eigenvalue weighted by Gasteiger charge is 2.09. The number of aromatic nitrogens is 5. The van der Waals surface area contributed by atoms with E-state index in [4.69, 9.17) is 11.5 Å². The molecule has 3 aromatic heterocycles. The van der Waals surface area contributed by atoms with Crippen molar-refractivity contribution in [3.63, 3.8) is 0 Å². The fourth-order valence-electron chi connectivity index (χ4n) is 1.44. The van der Waals surface area contributed by atoms with Gasteiger partial charge in [0.25, 0.3) is 0 Å². The van der Waals surface area contributed by atoms with Gasteiger partial charge in [-0.2, -0.15) is 0 Å². The first-order valence-electron chi connectivity index (χ1n) is 5.08. The smallest absolute Gasteiger partial charge is 0.181 e. The molecular formula is C10H9N7S. The fourth-order valence-corrected chi connectivity index (χ4v) is 2.27. The summed E-state index contributed by atoms with van der Waals surface area (Å²) >= 11 is 1.38. The first kappa shape index (κ1) is 10.8. The van der Waals surface area contributed by atoms with Gasteiger partial charge >= 0.3 is 0 Å². The third-order valence-electron chi connectivity index (χ3n) is 2.32. The van der Waals surface area contributed by atoms with Crippen LogP contribution in [0.1, 0.15) is 0 Å². The molecule has 0 saturated carbocycles. The Hall–Kier alpha value is -2.35. The number of hydrogen-bond donors (Lipinski definition) is 3. The van der Waals surface area contributed by atoms with Crippen LogP contribution in [0, 0.1) is 0 Å². The van der Waals surface area contributed by atoms with Gasteiger partial charge in [0.15, 0.2) is 5.65 Å². The molecule has 0 aliphatic rings. The molecule has 0 spiro atoms. The Morgan fingerprint density at radius 1 is 1.11 bits per heavy atom. The van der Waals surface area contributed by atoms with Crippen molar-refractivity contribution in [3.8, 4) is 0 Å². The van der Waals surface area contributed by atoms with Gasteiger partial charge in [-0.25, -0.2) is 19.9 Å². The van der Waals surface area contributed by atoms with Gasteiger partial charge in [0.2, 0.25) is 0 Å². The summed E-state index contributed by atoms with van der Waals surface area (Å²) < 4.78 is 0. The minimum Gasteiger partial charge on any atom is -0.396 e. The Balaban J connectivity index is 2.01. The number of nitrogen functional groups attached to an aromatic ring is 2. The molecular weight excluding hydrogens is 250 g/mol. The lowest BCUT2D eigenvalue weighted by Gasteiger charge is -2.03. The number of hydrogen-bond acceptors (Lipinski definition) is 7. The van der Waals surface area contributed by atoms with Crippen molar-refractivity contribution in [2.75, 3.05) is 11.5 Å². The predicted octanol–water partition coefficient (Wildman–Crippen LogP) is 1.06. The molecule has 0 bridgehead atoms. The molecule has 0 saturated heterocycles. The van der Waals surface area contributed by atoms with Crippen LogP contribution in [0.25, 0.3) is 11.2 Å². The molecule has 0 aromatic carbocycles. The van der Waals surface area contributed by atoms with E-state index >= 15 is 0 Å². The van der Waals surface area contributed by atoms with E-state index in [1.165, 1.54) is 18.1 Å². The number of H-pyrrole nitrogens is 1. The zero-order valence-electron chi connectivity index (χ0n) is 9.16. The number of aromatic amines is 1. The van der Waals surface area contributed by atoms with E-state index < -0.39 is 0 Å². The van der Waals surface area contributed by atoms with E-state index in [9.17, 15) is 0 Å². The molecule has 0 aliphatic carbocycles. The topological polar surface area (TPSA) is 119 Å². The molecule has 0 unspecified atom stereocenters. The SMILES string of the molecule is Nc1ccc(Sc2ncnc3nc[nH]c23)nc1N. The van der Waals surface area contributed by atoms with Gasteiger partial charge in [-0.1, -0.05) is 0 Å². The van der Waals surface area contributed by atoms with Crippen LogP contribution in [-0.4, -0.2) is 24.9 Å². The molecule has 0 amide bonds. The number of anilines is 2. The third-order valence-corrected chi connectivity index (χ3v) is 3.26. The number of nitrogens with zero attached hydrogens (tertiary/aromatic N) is 4. The summed E-state index contributed by atoms with van der Waals surface area (Å²) in [6, 6.07) is 3.51. The van der Waals surface area contributed by atoms with Crippen LogP contribution in [0.2, 0.25) is 0 Å². The lowest BCUT2D eigenvalue weighted by atomic mass is 10.4. The molecule has 18 heavy (non-hydrogen) atoms. The van der Waals surface area contributed by atoms with Gasteiger partial charge in [-0.3, -0.25) is 0 Å². The molecule has 90 valence electrons. The zero-order valence-corrected chi connectivity index (χ0v) is 9.98. The summed E-state index contributed by atoms with van der Waals surface area (Å²) in [6.07, 6.45) is 3.04. The highest BCUT2D eigenvalue weighted by atomic mass is 32.2. The summed E-state index contributed by atoms with van der Waals surface area (Å²) in [6.45, 7) is 0. The highest BCUT2D eigenvalue weighted by molar-refractivity contribution is 7.99. The molecule has 3 rings (SSSR count). The maximum atomic E-state index is 5.66. The Morgan fingerprint density at radius 3 is 2.83 bits per heavy atom. The van der Waals surface area contributed by atoms with E-state index in [2.05, 4.69) is 24.9 Å². The van der Waals surface area contributed by atoms with E-state index in [0.717, 1.165) is 15.6 Å². The van der Waals surface area contributed by atoms with Gasteiger partial charge in [-0.05, 0) is 23.9 Å². The quantitative estimate of drug-likeness (QED) is 0.588. The van der Waals surface area contributed by atoms with Gasteiger partial charge < -0.3 is 16.5 Å². The molecule has 0 aliphatic heterocycles. The number of nitrogens with two attached hydrogens (primary N) is 2. The van der Waals surface area contributed by atoms with Gasteiger partial charge in [0.1, 0.15) is 27.7 Å². The molecule has 5 N–H and O–H groups in total. The maximum Gasteiger partial charge on any atom is 0.181 e. The Labute approximate surface area is 106 Å². The summed E-state index contributed by atoms with van der Waals surface area (Å²) in [7, 11) is 0. The lowest BCUT2D eigenvalue weighted by Crippen LogP contribution is -1.98.